The number of carbonyl (C=O) groups excluding carboxylic acids is 1. The Morgan fingerprint density at radius 2 is 1.54 bits per heavy atom. The number of rotatable bonds is 5. The average molecular weight is 829 g/mol. The molecule has 0 aromatic carbocycles. The molecule has 0 aliphatic carbocycles. The normalized spacial score (nSPS) is 19.1. The summed E-state index contributed by atoms with van der Waals surface area (Å²) in [4.78, 5) is 32.7. The van der Waals surface area contributed by atoms with E-state index in [4.69, 9.17) is 57.9 Å². The topological polar surface area (TPSA) is 206 Å². The Hall–Kier alpha value is -6.67. The predicted octanol–water partition coefficient (Wildman–Crippen LogP) is 4.87. The van der Waals surface area contributed by atoms with Gasteiger partial charge in [-0.1, -0.05) is 11.8 Å². The molecule has 0 saturated carbocycles. The van der Waals surface area contributed by atoms with E-state index in [0.717, 1.165) is 28.3 Å². The Kier molecular flexibility index (Phi) is 8.00. The first kappa shape index (κ1) is 34.4. The van der Waals surface area contributed by atoms with Crippen LogP contribution in [-0.2, 0) is 11.2 Å². The van der Waals surface area contributed by atoms with Crippen LogP contribution < -0.4 is 43.2 Å². The fourth-order valence-corrected chi connectivity index (χ4v) is 9.64. The lowest BCUT2D eigenvalue weighted by atomic mass is 10.0. The van der Waals surface area contributed by atoms with Crippen LogP contribution in [0.4, 0.5) is 5.82 Å². The van der Waals surface area contributed by atoms with E-state index in [1.807, 2.05) is 12.1 Å². The van der Waals surface area contributed by atoms with Gasteiger partial charge < -0.3 is 43.2 Å². The minimum Gasteiger partial charge on any atom is -0.491 e. The van der Waals surface area contributed by atoms with Crippen LogP contribution >= 0.6 is 23.5 Å². The molecule has 1 radical (unpaired) electrons. The second-order valence-electron chi connectivity index (χ2n) is 13.7. The Morgan fingerprint density at radius 3 is 2.49 bits per heavy atom. The van der Waals surface area contributed by atoms with Gasteiger partial charge in [0.2, 0.25) is 5.88 Å². The maximum Gasteiger partial charge on any atom is 0.276 e. The molecule has 6 aromatic heterocycles. The van der Waals surface area contributed by atoms with Crippen LogP contribution in [0.5, 0.6) is 46.3 Å². The summed E-state index contributed by atoms with van der Waals surface area (Å²) in [6.45, 7) is 2.05. The number of thioether (sulfide) groups is 2. The fourth-order valence-electron chi connectivity index (χ4n) is 7.44. The van der Waals surface area contributed by atoms with E-state index in [2.05, 4.69) is 31.8 Å². The first-order chi connectivity index (χ1) is 29.1. The predicted molar refractivity (Wildman–Crippen MR) is 205 cm³/mol. The maximum atomic E-state index is 12.3. The Morgan fingerprint density at radius 1 is 0.712 bits per heavy atom. The summed E-state index contributed by atoms with van der Waals surface area (Å²) in [5.41, 5.74) is 5.23. The summed E-state index contributed by atoms with van der Waals surface area (Å²) >= 11 is 2.95. The third-order valence-electron chi connectivity index (χ3n) is 10.1. The number of fused-ring (bicyclic) bond motifs is 6. The Bertz CT molecular complexity index is 2760. The zero-order chi connectivity index (χ0) is 39.0. The van der Waals surface area contributed by atoms with Crippen LogP contribution in [0.2, 0.25) is 0 Å². The average Bonchev–Trinajstić information content (AvgIpc) is 3.98. The zero-order valence-corrected chi connectivity index (χ0v) is 32.1. The molecule has 18 nitrogen and oxygen atoms in total. The number of amides is 1. The van der Waals surface area contributed by atoms with Gasteiger partial charge in [0, 0.05) is 35.2 Å². The number of anilines is 1. The molecule has 1 N–H and O–H groups in total. The van der Waals surface area contributed by atoms with E-state index in [1.165, 1.54) is 23.5 Å². The lowest BCUT2D eigenvalue weighted by molar-refractivity contribution is -0.118. The second kappa shape index (κ2) is 13.7. The SMILES string of the molecule is O=C1COc2ccc(C3Oc4nnc(-c5[c]nc(-c6cc7c(cn6)OCCO7)c6c5SCO6)c(-c5cc6c(nn5)OCCO6)c4SC3c3cc4c(cn3)OCC4)nc2N1. The van der Waals surface area contributed by atoms with Crippen LogP contribution in [0.25, 0.3) is 33.9 Å². The van der Waals surface area contributed by atoms with Crippen molar-refractivity contribution in [3.63, 3.8) is 0 Å². The molecule has 6 aromatic rings. The van der Waals surface area contributed by atoms with E-state index in [9.17, 15) is 4.79 Å². The standard InChI is InChI=1S/C39H26N9O9S2/c49-28-15-55-23-2-1-19(43-37(23)44-28)32-35(22-9-17-3-4-50-26(17)13-41-22)59-36-29(20-10-25-38(47-45-20)54-8-7-52-25)30(46-48-39(36)57-32)18-12-42-31(33-34(18)58-16-56-33)21-11-24-27(14-40-21)53-6-5-51-24/h1-2,9-11,13-14,32,35H,3-8,15-16H2,(H,43,44,49). The summed E-state index contributed by atoms with van der Waals surface area (Å²) in [6.07, 6.45) is 6.61. The molecule has 12 rings (SSSR count). The molecule has 0 fully saturated rings. The molecule has 6 aliphatic heterocycles. The molecular formula is C39H26N9O9S2. The molecule has 0 spiro atoms. The van der Waals surface area contributed by atoms with Crippen molar-refractivity contribution in [2.45, 2.75) is 27.6 Å². The van der Waals surface area contributed by atoms with E-state index in [1.54, 1.807) is 30.6 Å². The van der Waals surface area contributed by atoms with Crippen molar-refractivity contribution < 1.29 is 42.7 Å². The Balaban J connectivity index is 1.03. The lowest BCUT2D eigenvalue weighted by Crippen LogP contribution is -2.28. The number of nitrogens with one attached hydrogen (secondary N) is 1. The third kappa shape index (κ3) is 5.83. The molecule has 293 valence electrons. The number of hydrogen-bond donors (Lipinski definition) is 1. The number of aromatic nitrogens is 8. The monoisotopic (exact) mass is 828 g/mol. The van der Waals surface area contributed by atoms with Crippen LogP contribution in [0, 0.1) is 6.20 Å². The van der Waals surface area contributed by atoms with Crippen LogP contribution in [0.15, 0.2) is 52.5 Å². The maximum absolute atomic E-state index is 12.3. The molecule has 59 heavy (non-hydrogen) atoms. The van der Waals surface area contributed by atoms with Gasteiger partial charge in [-0.15, -0.1) is 32.2 Å². The lowest BCUT2D eigenvalue weighted by Gasteiger charge is -2.33. The van der Waals surface area contributed by atoms with Gasteiger partial charge in [0.05, 0.1) is 51.1 Å². The highest BCUT2D eigenvalue weighted by Gasteiger charge is 2.41. The van der Waals surface area contributed by atoms with Gasteiger partial charge in [0.15, 0.2) is 47.3 Å². The van der Waals surface area contributed by atoms with Gasteiger partial charge in [-0.2, -0.15) is 0 Å². The van der Waals surface area contributed by atoms with E-state index < -0.39 is 11.4 Å². The van der Waals surface area contributed by atoms with E-state index in [-0.39, 0.29) is 24.3 Å². The van der Waals surface area contributed by atoms with Crippen molar-refractivity contribution >= 4 is 35.2 Å². The van der Waals surface area contributed by atoms with Crippen molar-refractivity contribution in [2.24, 2.45) is 0 Å². The number of carbonyl (C=O) groups is 1. The molecule has 20 heteroatoms. The second-order valence-corrected chi connectivity index (χ2v) is 15.8. The van der Waals surface area contributed by atoms with Crippen molar-refractivity contribution in [3.05, 3.63) is 65.9 Å². The van der Waals surface area contributed by atoms with Gasteiger partial charge in [-0.25, -0.2) is 9.97 Å². The number of hydrogen-bond acceptors (Lipinski definition) is 19. The first-order valence-electron chi connectivity index (χ1n) is 18.5. The highest BCUT2D eigenvalue weighted by atomic mass is 32.2. The zero-order valence-electron chi connectivity index (χ0n) is 30.4. The fraction of sp³-hybridized carbons (Fsp3) is 0.256. The first-order valence-corrected chi connectivity index (χ1v) is 20.4. The molecule has 6 aliphatic rings. The third-order valence-corrected chi connectivity index (χ3v) is 12.4. The smallest absolute Gasteiger partial charge is 0.276 e. The van der Waals surface area contributed by atoms with E-state index in [0.29, 0.717) is 118 Å². The Labute approximate surface area is 341 Å². The molecular weight excluding hydrogens is 803 g/mol. The van der Waals surface area contributed by atoms with Gasteiger partial charge >= 0.3 is 0 Å². The largest absolute Gasteiger partial charge is 0.491 e. The van der Waals surface area contributed by atoms with Gasteiger partial charge in [0.25, 0.3) is 11.8 Å². The van der Waals surface area contributed by atoms with Crippen molar-refractivity contribution in [1.82, 2.24) is 40.3 Å². The number of ether oxygens (including phenoxy) is 8. The quantitative estimate of drug-likeness (QED) is 0.246. The van der Waals surface area contributed by atoms with Crippen LogP contribution in [0.3, 0.4) is 0 Å². The highest BCUT2D eigenvalue weighted by molar-refractivity contribution is 8.00. The van der Waals surface area contributed by atoms with Crippen LogP contribution in [-0.4, -0.2) is 91.8 Å². The summed E-state index contributed by atoms with van der Waals surface area (Å²) in [7, 11) is 0. The minimum absolute atomic E-state index is 0.0941. The molecule has 0 bridgehead atoms. The molecule has 0 saturated heterocycles. The minimum atomic E-state index is -0.733. The van der Waals surface area contributed by atoms with Gasteiger partial charge in [0.1, 0.15) is 61.4 Å². The van der Waals surface area contributed by atoms with Crippen molar-refractivity contribution in [2.75, 3.05) is 50.9 Å². The van der Waals surface area contributed by atoms with Gasteiger partial charge in [-0.05, 0) is 18.2 Å². The summed E-state index contributed by atoms with van der Waals surface area (Å²) < 4.78 is 47.7. The summed E-state index contributed by atoms with van der Waals surface area (Å²) in [5, 5.41) is 20.8. The molecule has 2 unspecified atom stereocenters. The van der Waals surface area contributed by atoms with Crippen molar-refractivity contribution in [3.8, 4) is 80.2 Å². The van der Waals surface area contributed by atoms with Crippen LogP contribution in [0.1, 0.15) is 28.3 Å². The molecule has 12 heterocycles. The molecule has 1 amide bonds. The highest BCUT2D eigenvalue weighted by Crippen LogP contribution is 2.58. The van der Waals surface area contributed by atoms with E-state index >= 15 is 0 Å². The number of nitrogens with zero attached hydrogens (tertiary/aromatic N) is 8. The summed E-state index contributed by atoms with van der Waals surface area (Å²) in [6, 6.07) is 9.17. The van der Waals surface area contributed by atoms with Gasteiger partial charge in [-0.3, -0.25) is 14.8 Å². The van der Waals surface area contributed by atoms with Crippen molar-refractivity contribution in [1.29, 1.82) is 0 Å². The summed E-state index contributed by atoms with van der Waals surface area (Å²) in [5.74, 6) is 4.12. The number of pyridine rings is 4. The molecule has 2 atom stereocenters.